The van der Waals surface area contributed by atoms with E-state index in [0.29, 0.717) is 16.1 Å². The van der Waals surface area contributed by atoms with Gasteiger partial charge in [0.2, 0.25) is 0 Å². The van der Waals surface area contributed by atoms with E-state index in [1.807, 2.05) is 6.07 Å². The molecule has 0 amide bonds. The molecule has 1 aliphatic heterocycles. The molecule has 1 heterocycles. The minimum absolute atomic E-state index is 0.513. The molecule has 5 heteroatoms. The fraction of sp³-hybridized carbons (Fsp3) is 0.538. The van der Waals surface area contributed by atoms with Crippen LogP contribution in [0.15, 0.2) is 12.1 Å². The summed E-state index contributed by atoms with van der Waals surface area (Å²) in [4.78, 5) is 2.38. The number of piperazine rings is 1. The van der Waals surface area contributed by atoms with Crippen LogP contribution in [0.4, 0.5) is 0 Å². The molecule has 1 N–H and O–H groups in total. The van der Waals surface area contributed by atoms with Crippen LogP contribution in [0.1, 0.15) is 12.5 Å². The van der Waals surface area contributed by atoms with E-state index in [9.17, 15) is 0 Å². The first-order valence-electron chi connectivity index (χ1n) is 6.08. The summed E-state index contributed by atoms with van der Waals surface area (Å²) in [6.45, 7) is 6.06. The van der Waals surface area contributed by atoms with E-state index in [-0.39, 0.29) is 0 Å². The fourth-order valence-corrected chi connectivity index (χ4v) is 2.97. The molecule has 0 aromatic heterocycles. The van der Waals surface area contributed by atoms with Crippen LogP contribution in [-0.4, -0.2) is 37.7 Å². The van der Waals surface area contributed by atoms with E-state index >= 15 is 0 Å². The van der Waals surface area contributed by atoms with Crippen molar-refractivity contribution in [3.63, 3.8) is 0 Å². The van der Waals surface area contributed by atoms with Gasteiger partial charge in [-0.1, -0.05) is 23.2 Å². The summed E-state index contributed by atoms with van der Waals surface area (Å²) in [5, 5.41) is 4.65. The van der Waals surface area contributed by atoms with E-state index in [1.54, 1.807) is 13.2 Å². The molecule has 100 valence electrons. The van der Waals surface area contributed by atoms with Crippen LogP contribution >= 0.6 is 23.2 Å². The molecule has 0 spiro atoms. The molecule has 1 saturated heterocycles. The van der Waals surface area contributed by atoms with Crippen LogP contribution in [0, 0.1) is 0 Å². The second kappa shape index (κ2) is 6.11. The first kappa shape index (κ1) is 13.9. The lowest BCUT2D eigenvalue weighted by atomic mass is 10.1. The zero-order chi connectivity index (χ0) is 13.1. The molecule has 0 bridgehead atoms. The van der Waals surface area contributed by atoms with Crippen molar-refractivity contribution in [2.75, 3.05) is 26.7 Å². The van der Waals surface area contributed by atoms with E-state index in [1.165, 1.54) is 0 Å². The van der Waals surface area contributed by atoms with Gasteiger partial charge in [0, 0.05) is 42.8 Å². The van der Waals surface area contributed by atoms with Crippen molar-refractivity contribution < 1.29 is 4.74 Å². The lowest BCUT2D eigenvalue weighted by molar-refractivity contribution is 0.197. The molecule has 1 aliphatic rings. The van der Waals surface area contributed by atoms with Crippen molar-refractivity contribution in [3.05, 3.63) is 27.7 Å². The van der Waals surface area contributed by atoms with Gasteiger partial charge in [0.1, 0.15) is 5.75 Å². The number of hydrogen-bond acceptors (Lipinski definition) is 3. The van der Waals surface area contributed by atoms with E-state index in [2.05, 4.69) is 17.1 Å². The average molecular weight is 289 g/mol. The van der Waals surface area contributed by atoms with Gasteiger partial charge < -0.3 is 10.1 Å². The molecule has 1 atom stereocenters. The van der Waals surface area contributed by atoms with Crippen LogP contribution in [0.3, 0.4) is 0 Å². The highest BCUT2D eigenvalue weighted by Gasteiger charge is 2.18. The third kappa shape index (κ3) is 3.29. The standard InChI is InChI=1S/C13H18Cl2N2O/c1-9-7-17(4-3-16-9)8-10-5-11(14)6-12(15)13(10)18-2/h5-6,9,16H,3-4,7-8H2,1-2H3/t9-/m0/s1. The van der Waals surface area contributed by atoms with Gasteiger partial charge in [0.25, 0.3) is 0 Å². The third-order valence-electron chi connectivity index (χ3n) is 3.14. The number of rotatable bonds is 3. The van der Waals surface area contributed by atoms with E-state index in [4.69, 9.17) is 27.9 Å². The summed E-state index contributed by atoms with van der Waals surface area (Å²) in [5.74, 6) is 0.729. The minimum Gasteiger partial charge on any atom is -0.495 e. The van der Waals surface area contributed by atoms with Crippen LogP contribution in [0.2, 0.25) is 10.0 Å². The molecule has 2 rings (SSSR count). The quantitative estimate of drug-likeness (QED) is 0.926. The number of hydrogen-bond donors (Lipinski definition) is 1. The molecule has 1 fully saturated rings. The van der Waals surface area contributed by atoms with Crippen LogP contribution in [0.25, 0.3) is 0 Å². The Balaban J connectivity index is 2.17. The Hall–Kier alpha value is -0.480. The Labute approximate surface area is 118 Å². The van der Waals surface area contributed by atoms with Crippen LogP contribution in [0.5, 0.6) is 5.75 Å². The number of methoxy groups -OCH3 is 1. The van der Waals surface area contributed by atoms with Crippen molar-refractivity contribution in [2.24, 2.45) is 0 Å². The zero-order valence-corrected chi connectivity index (χ0v) is 12.2. The van der Waals surface area contributed by atoms with E-state index in [0.717, 1.165) is 37.5 Å². The van der Waals surface area contributed by atoms with Gasteiger partial charge in [-0.05, 0) is 19.1 Å². The summed E-state index contributed by atoms with van der Waals surface area (Å²) < 4.78 is 5.37. The first-order chi connectivity index (χ1) is 8.60. The summed E-state index contributed by atoms with van der Waals surface area (Å²) >= 11 is 12.2. The highest BCUT2D eigenvalue weighted by Crippen LogP contribution is 2.33. The Morgan fingerprint density at radius 2 is 2.22 bits per heavy atom. The number of ether oxygens (including phenoxy) is 1. The molecular weight excluding hydrogens is 271 g/mol. The molecule has 0 unspecified atom stereocenters. The minimum atomic E-state index is 0.513. The maximum atomic E-state index is 6.14. The fourth-order valence-electron chi connectivity index (χ4n) is 2.36. The predicted octanol–water partition coefficient (Wildman–Crippen LogP) is 2.80. The van der Waals surface area contributed by atoms with E-state index < -0.39 is 0 Å². The second-order valence-electron chi connectivity index (χ2n) is 4.67. The molecule has 1 aromatic rings. The van der Waals surface area contributed by atoms with Gasteiger partial charge >= 0.3 is 0 Å². The maximum absolute atomic E-state index is 6.14. The normalized spacial score (nSPS) is 21.0. The predicted molar refractivity (Wildman–Crippen MR) is 75.8 cm³/mol. The van der Waals surface area contributed by atoms with Crippen molar-refractivity contribution >= 4 is 23.2 Å². The van der Waals surface area contributed by atoms with Gasteiger partial charge in [-0.2, -0.15) is 0 Å². The monoisotopic (exact) mass is 288 g/mol. The lowest BCUT2D eigenvalue weighted by Crippen LogP contribution is -2.48. The Morgan fingerprint density at radius 1 is 1.44 bits per heavy atom. The summed E-state index contributed by atoms with van der Waals surface area (Å²) in [5.41, 5.74) is 1.05. The SMILES string of the molecule is COc1c(Cl)cc(Cl)cc1CN1CCN[C@@H](C)C1. The van der Waals surface area contributed by atoms with Gasteiger partial charge in [-0.15, -0.1) is 0 Å². The van der Waals surface area contributed by atoms with Gasteiger partial charge in [0.05, 0.1) is 12.1 Å². The number of nitrogens with zero attached hydrogens (tertiary/aromatic N) is 1. The van der Waals surface area contributed by atoms with Crippen molar-refractivity contribution in [1.82, 2.24) is 10.2 Å². The number of benzene rings is 1. The Morgan fingerprint density at radius 3 is 2.89 bits per heavy atom. The topological polar surface area (TPSA) is 24.5 Å². The zero-order valence-electron chi connectivity index (χ0n) is 10.7. The van der Waals surface area contributed by atoms with Crippen molar-refractivity contribution in [1.29, 1.82) is 0 Å². The molecular formula is C13H18Cl2N2O. The largest absolute Gasteiger partial charge is 0.495 e. The molecule has 0 radical (unpaired) electrons. The number of nitrogens with one attached hydrogen (secondary N) is 1. The van der Waals surface area contributed by atoms with Crippen molar-refractivity contribution in [2.45, 2.75) is 19.5 Å². The Kier molecular flexibility index (Phi) is 4.73. The smallest absolute Gasteiger partial charge is 0.142 e. The summed E-state index contributed by atoms with van der Waals surface area (Å²) in [6, 6.07) is 4.16. The van der Waals surface area contributed by atoms with Crippen LogP contribution < -0.4 is 10.1 Å². The average Bonchev–Trinajstić information content (AvgIpc) is 2.28. The van der Waals surface area contributed by atoms with Gasteiger partial charge in [0.15, 0.2) is 0 Å². The Bertz CT molecular complexity index is 426. The van der Waals surface area contributed by atoms with Gasteiger partial charge in [-0.25, -0.2) is 0 Å². The third-order valence-corrected chi connectivity index (χ3v) is 3.64. The number of halogens is 2. The molecule has 3 nitrogen and oxygen atoms in total. The van der Waals surface area contributed by atoms with Gasteiger partial charge in [-0.3, -0.25) is 4.90 Å². The lowest BCUT2D eigenvalue weighted by Gasteiger charge is -2.32. The summed E-state index contributed by atoms with van der Waals surface area (Å²) in [6.07, 6.45) is 0. The molecule has 0 aliphatic carbocycles. The highest BCUT2D eigenvalue weighted by atomic mass is 35.5. The first-order valence-corrected chi connectivity index (χ1v) is 6.83. The second-order valence-corrected chi connectivity index (χ2v) is 5.51. The molecule has 0 saturated carbocycles. The molecule has 18 heavy (non-hydrogen) atoms. The highest BCUT2D eigenvalue weighted by molar-refractivity contribution is 6.35. The molecule has 1 aromatic carbocycles. The van der Waals surface area contributed by atoms with Crippen molar-refractivity contribution in [3.8, 4) is 5.75 Å². The maximum Gasteiger partial charge on any atom is 0.142 e. The summed E-state index contributed by atoms with van der Waals surface area (Å²) in [7, 11) is 1.64. The van der Waals surface area contributed by atoms with Crippen LogP contribution in [-0.2, 0) is 6.54 Å².